The number of hydrogen-bond donors (Lipinski definition) is 0. The number of nitrogens with zero attached hydrogens (tertiary/aromatic N) is 2. The van der Waals surface area contributed by atoms with Crippen molar-refractivity contribution < 1.29 is 0 Å². The van der Waals surface area contributed by atoms with Crippen LogP contribution in [-0.2, 0) is 0 Å². The first-order valence-corrected chi connectivity index (χ1v) is 7.39. The monoisotopic (exact) mass is 264 g/mol. The summed E-state index contributed by atoms with van der Waals surface area (Å²) >= 11 is 6.24. The van der Waals surface area contributed by atoms with E-state index in [0.717, 1.165) is 23.5 Å². The van der Waals surface area contributed by atoms with Crippen molar-refractivity contribution >= 4 is 11.6 Å². The van der Waals surface area contributed by atoms with Gasteiger partial charge in [0.1, 0.15) is 11.1 Å². The predicted molar refractivity (Wildman–Crippen MR) is 72.8 cm³/mol. The average molecular weight is 265 g/mol. The maximum Gasteiger partial charge on any atom is 0.137 e. The third-order valence-corrected chi connectivity index (χ3v) is 5.56. The zero-order valence-corrected chi connectivity index (χ0v) is 12.0. The van der Waals surface area contributed by atoms with E-state index in [1.807, 2.05) is 14.1 Å². The molecule has 4 bridgehead atoms. The fourth-order valence-electron chi connectivity index (χ4n) is 5.36. The molecule has 4 saturated carbocycles. The van der Waals surface area contributed by atoms with E-state index < -0.39 is 0 Å². The molecule has 0 aromatic rings. The maximum atomic E-state index is 9.19. The molecule has 0 aromatic heterocycles. The van der Waals surface area contributed by atoms with Crippen molar-refractivity contribution in [3.8, 4) is 6.07 Å². The van der Waals surface area contributed by atoms with Crippen molar-refractivity contribution in [2.24, 2.45) is 23.2 Å². The van der Waals surface area contributed by atoms with Gasteiger partial charge in [0.2, 0.25) is 0 Å². The van der Waals surface area contributed by atoms with Crippen LogP contribution in [0.1, 0.15) is 38.5 Å². The van der Waals surface area contributed by atoms with E-state index >= 15 is 0 Å². The van der Waals surface area contributed by atoms with Crippen LogP contribution in [0.25, 0.3) is 0 Å². The van der Waals surface area contributed by atoms with Gasteiger partial charge in [0, 0.05) is 25.2 Å². The summed E-state index contributed by atoms with van der Waals surface area (Å²) in [5.41, 5.74) is 1.33. The molecule has 3 heteroatoms. The predicted octanol–water partition coefficient (Wildman–Crippen LogP) is 3.74. The van der Waals surface area contributed by atoms with Gasteiger partial charge in [-0.3, -0.25) is 0 Å². The van der Waals surface area contributed by atoms with Crippen LogP contribution in [0, 0.1) is 34.5 Å². The van der Waals surface area contributed by atoms with Crippen molar-refractivity contribution in [2.75, 3.05) is 14.1 Å². The fraction of sp³-hybridized carbons (Fsp3) is 0.800. The Labute approximate surface area is 115 Å². The molecule has 0 radical (unpaired) electrons. The summed E-state index contributed by atoms with van der Waals surface area (Å²) in [6, 6.07) is 2.17. The highest BCUT2D eigenvalue weighted by Gasteiger charge is 2.53. The molecule has 18 heavy (non-hydrogen) atoms. The molecule has 0 heterocycles. The van der Waals surface area contributed by atoms with Gasteiger partial charge in [-0.15, -0.1) is 0 Å². The summed E-state index contributed by atoms with van der Waals surface area (Å²) < 4.78 is 0. The lowest BCUT2D eigenvalue weighted by Gasteiger charge is -2.58. The maximum absolute atomic E-state index is 9.19. The number of rotatable bonds is 2. The van der Waals surface area contributed by atoms with E-state index in [1.54, 1.807) is 0 Å². The minimum absolute atomic E-state index is 0.213. The Morgan fingerprint density at radius 3 is 1.89 bits per heavy atom. The van der Waals surface area contributed by atoms with Crippen LogP contribution in [0.5, 0.6) is 0 Å². The molecule has 0 spiro atoms. The number of halogens is 1. The van der Waals surface area contributed by atoms with Gasteiger partial charge in [0.25, 0.3) is 0 Å². The molecule has 0 N–H and O–H groups in total. The SMILES string of the molecule is CN(C)/C(=C(/Cl)C#N)C12CC3CC(CC(C3)C1)C2. The first-order chi connectivity index (χ1) is 8.54. The molecule has 0 saturated heterocycles. The molecule has 0 unspecified atom stereocenters. The van der Waals surface area contributed by atoms with Gasteiger partial charge < -0.3 is 4.90 Å². The molecule has 4 rings (SSSR count). The highest BCUT2D eigenvalue weighted by molar-refractivity contribution is 6.32. The molecule has 0 atom stereocenters. The van der Waals surface area contributed by atoms with Crippen molar-refractivity contribution in [1.29, 1.82) is 5.26 Å². The normalized spacial score (nSPS) is 42.4. The van der Waals surface area contributed by atoms with Crippen molar-refractivity contribution in [2.45, 2.75) is 38.5 Å². The Bertz CT molecular complexity index is 395. The van der Waals surface area contributed by atoms with Crippen molar-refractivity contribution in [1.82, 2.24) is 4.90 Å². The minimum Gasteiger partial charge on any atom is -0.379 e. The summed E-state index contributed by atoms with van der Waals surface area (Å²) in [7, 11) is 4.07. The molecular weight excluding hydrogens is 244 g/mol. The van der Waals surface area contributed by atoms with Gasteiger partial charge in [0.15, 0.2) is 0 Å². The molecule has 0 aromatic carbocycles. The summed E-state index contributed by atoms with van der Waals surface area (Å²) in [6.45, 7) is 0. The lowest BCUT2D eigenvalue weighted by atomic mass is 9.48. The van der Waals surface area contributed by atoms with E-state index in [0.29, 0.717) is 5.03 Å². The molecule has 0 aliphatic heterocycles. The smallest absolute Gasteiger partial charge is 0.137 e. The van der Waals surface area contributed by atoms with E-state index in [-0.39, 0.29) is 5.41 Å². The second-order valence-corrected chi connectivity index (χ2v) is 7.24. The Kier molecular flexibility index (Phi) is 2.86. The second-order valence-electron chi connectivity index (χ2n) is 6.87. The van der Waals surface area contributed by atoms with Gasteiger partial charge in [-0.1, -0.05) is 11.6 Å². The summed E-state index contributed by atoms with van der Waals surface area (Å²) in [5, 5.41) is 9.61. The van der Waals surface area contributed by atoms with Crippen LogP contribution in [-0.4, -0.2) is 19.0 Å². The van der Waals surface area contributed by atoms with E-state index in [1.165, 1.54) is 38.5 Å². The number of hydrogen-bond acceptors (Lipinski definition) is 2. The average Bonchev–Trinajstić information content (AvgIpc) is 2.25. The third-order valence-electron chi connectivity index (χ3n) is 5.29. The molecular formula is C15H21ClN2. The lowest BCUT2D eigenvalue weighted by Crippen LogP contribution is -2.49. The van der Waals surface area contributed by atoms with Crippen LogP contribution in [0.4, 0.5) is 0 Å². The fourth-order valence-corrected chi connectivity index (χ4v) is 5.73. The zero-order valence-electron chi connectivity index (χ0n) is 11.2. The number of nitriles is 1. The van der Waals surface area contributed by atoms with E-state index in [4.69, 9.17) is 11.6 Å². The van der Waals surface area contributed by atoms with Crippen LogP contribution in [0.15, 0.2) is 10.7 Å². The Morgan fingerprint density at radius 2 is 1.56 bits per heavy atom. The van der Waals surface area contributed by atoms with Crippen LogP contribution in [0.3, 0.4) is 0 Å². The van der Waals surface area contributed by atoms with Gasteiger partial charge in [-0.2, -0.15) is 5.26 Å². The first-order valence-electron chi connectivity index (χ1n) is 7.02. The van der Waals surface area contributed by atoms with Crippen molar-refractivity contribution in [3.63, 3.8) is 0 Å². The standard InChI is InChI=1S/C15H21ClN2/c1-18(2)14(13(16)9-17)15-6-10-3-11(7-15)5-12(4-10)8-15/h10-12H,3-8H2,1-2H3/b14-13+. The molecule has 4 aliphatic rings. The highest BCUT2D eigenvalue weighted by atomic mass is 35.5. The van der Waals surface area contributed by atoms with Crippen LogP contribution < -0.4 is 0 Å². The molecule has 98 valence electrons. The Balaban J connectivity index is 2.02. The van der Waals surface area contributed by atoms with Gasteiger partial charge >= 0.3 is 0 Å². The summed E-state index contributed by atoms with van der Waals surface area (Å²) in [6.07, 6.45) is 8.03. The zero-order chi connectivity index (χ0) is 12.9. The van der Waals surface area contributed by atoms with Crippen LogP contribution in [0.2, 0.25) is 0 Å². The third kappa shape index (κ3) is 1.75. The molecule has 4 aliphatic carbocycles. The topological polar surface area (TPSA) is 27.0 Å². The largest absolute Gasteiger partial charge is 0.379 e. The van der Waals surface area contributed by atoms with Crippen molar-refractivity contribution in [3.05, 3.63) is 10.7 Å². The lowest BCUT2D eigenvalue weighted by molar-refractivity contribution is -0.0413. The molecule has 0 amide bonds. The van der Waals surface area contributed by atoms with Gasteiger partial charge in [-0.25, -0.2) is 0 Å². The van der Waals surface area contributed by atoms with E-state index in [2.05, 4.69) is 11.0 Å². The first kappa shape index (κ1) is 12.4. The molecule has 2 nitrogen and oxygen atoms in total. The van der Waals surface area contributed by atoms with Crippen LogP contribution >= 0.6 is 11.6 Å². The molecule has 4 fully saturated rings. The van der Waals surface area contributed by atoms with Gasteiger partial charge in [0.05, 0.1) is 0 Å². The van der Waals surface area contributed by atoms with Gasteiger partial charge in [-0.05, 0) is 56.3 Å². The quantitative estimate of drug-likeness (QED) is 0.711. The summed E-state index contributed by atoms with van der Waals surface area (Å²) in [5.74, 6) is 2.65. The second kappa shape index (κ2) is 4.17. The van der Waals surface area contributed by atoms with E-state index in [9.17, 15) is 5.26 Å². The minimum atomic E-state index is 0.213. The summed E-state index contributed by atoms with van der Waals surface area (Å²) in [4.78, 5) is 2.10. The highest BCUT2D eigenvalue weighted by Crippen LogP contribution is 2.63. The Hall–Kier alpha value is -0.680. The number of allylic oxidation sites excluding steroid dienone is 2. The Morgan fingerprint density at radius 1 is 1.11 bits per heavy atom.